The lowest BCUT2D eigenvalue weighted by Gasteiger charge is -2.73. The largest absolute Gasteiger partial charge is 0.390 e. The highest BCUT2D eigenvalue weighted by molar-refractivity contribution is 5.19. The Morgan fingerprint density at radius 3 is 2.00 bits per heavy atom. The van der Waals surface area contributed by atoms with E-state index in [0.29, 0.717) is 51.2 Å². The Morgan fingerprint density at radius 1 is 0.700 bits per heavy atom. The van der Waals surface area contributed by atoms with Gasteiger partial charge in [0, 0.05) is 6.54 Å². The molecule has 290 valence electrons. The zero-order valence-corrected chi connectivity index (χ0v) is 32.3. The summed E-state index contributed by atoms with van der Waals surface area (Å²) in [5.41, 5.74) is 7.62. The molecule has 1 heterocycles. The Morgan fingerprint density at radius 2 is 1.34 bits per heavy atom. The van der Waals surface area contributed by atoms with Crippen molar-refractivity contribution in [2.75, 3.05) is 13.2 Å². The number of ether oxygens (including phenoxy) is 2. The maximum absolute atomic E-state index is 10.9. The van der Waals surface area contributed by atoms with Gasteiger partial charge in [0.25, 0.3) is 0 Å². The molecule has 9 heteroatoms. The molecule has 0 amide bonds. The van der Waals surface area contributed by atoms with Crippen LogP contribution in [0.3, 0.4) is 0 Å². The quantitative estimate of drug-likeness (QED) is 0.170. The van der Waals surface area contributed by atoms with Crippen LogP contribution in [-0.2, 0) is 9.47 Å². The second-order valence-corrected chi connectivity index (χ2v) is 20.1. The van der Waals surface area contributed by atoms with Crippen LogP contribution in [0.15, 0.2) is 0 Å². The second kappa shape index (κ2) is 14.1. The zero-order valence-electron chi connectivity index (χ0n) is 32.3. The van der Waals surface area contributed by atoms with Crippen LogP contribution in [0.4, 0.5) is 0 Å². The van der Waals surface area contributed by atoms with Gasteiger partial charge in [-0.05, 0) is 140 Å². The first-order chi connectivity index (χ1) is 23.4. The molecule has 1 saturated heterocycles. The third kappa shape index (κ3) is 6.17. The molecule has 0 aromatic rings. The molecule has 5 aliphatic carbocycles. The number of fused-ring (bicyclic) bond motifs is 7. The van der Waals surface area contributed by atoms with Crippen LogP contribution in [-0.4, -0.2) is 92.8 Å². The van der Waals surface area contributed by atoms with Crippen LogP contribution in [0.2, 0.25) is 0 Å². The first-order valence-corrected chi connectivity index (χ1v) is 20.4. The number of hydrogen-bond acceptors (Lipinski definition) is 9. The van der Waals surface area contributed by atoms with Crippen molar-refractivity contribution in [2.24, 2.45) is 68.3 Å². The van der Waals surface area contributed by atoms with E-state index in [9.17, 15) is 30.6 Å². The first-order valence-electron chi connectivity index (χ1n) is 20.4. The van der Waals surface area contributed by atoms with Crippen LogP contribution < -0.4 is 5.73 Å². The molecule has 0 bridgehead atoms. The summed E-state index contributed by atoms with van der Waals surface area (Å²) in [7, 11) is 0. The van der Waals surface area contributed by atoms with E-state index >= 15 is 0 Å². The molecular weight excluding hydrogens is 634 g/mol. The van der Waals surface area contributed by atoms with Crippen LogP contribution in [0.25, 0.3) is 0 Å². The van der Waals surface area contributed by atoms with Crippen molar-refractivity contribution in [1.29, 1.82) is 0 Å². The molecule has 6 rings (SSSR count). The summed E-state index contributed by atoms with van der Waals surface area (Å²) in [4.78, 5) is 0. The van der Waals surface area contributed by atoms with Gasteiger partial charge in [0.2, 0.25) is 0 Å². The standard InChI is InChI=1S/C41H73NO8/c1-23(9-10-26(43)32(45)27(44)22-49-36-35(48)34(47)33(46)28(21-42)50-36)24-13-18-38(4)25(24)14-19-40(6)30(38)11-12-31-39(5)17-8-16-37(2,3)29(39)15-20-41(31,40)7/h23-36,43-48H,8-22,42H2,1-7H3/t23-,24-,25?,26-,27+,28-,29?,30?,31?,32-,33-,34+,35-,36-,38+,39+,40-,41-/m1/s1. The third-order valence-electron chi connectivity index (χ3n) is 17.5. The Balaban J connectivity index is 1.05. The molecule has 0 spiro atoms. The molecule has 18 atom stereocenters. The lowest BCUT2D eigenvalue weighted by Crippen LogP contribution is -2.65. The fourth-order valence-electron chi connectivity index (χ4n) is 14.6. The molecule has 0 aromatic carbocycles. The van der Waals surface area contributed by atoms with Crippen LogP contribution >= 0.6 is 0 Å². The van der Waals surface area contributed by atoms with E-state index in [0.717, 1.165) is 24.2 Å². The highest BCUT2D eigenvalue weighted by atomic mass is 16.7. The number of aliphatic hydroxyl groups excluding tert-OH is 6. The third-order valence-corrected chi connectivity index (χ3v) is 17.5. The van der Waals surface area contributed by atoms with Crippen LogP contribution in [0, 0.1) is 62.6 Å². The average molecular weight is 708 g/mol. The summed E-state index contributed by atoms with van der Waals surface area (Å²) in [6, 6.07) is 0. The highest BCUT2D eigenvalue weighted by Crippen LogP contribution is 2.78. The molecule has 6 fully saturated rings. The highest BCUT2D eigenvalue weighted by Gasteiger charge is 2.70. The molecule has 8 N–H and O–H groups in total. The minimum atomic E-state index is -1.54. The predicted molar refractivity (Wildman–Crippen MR) is 193 cm³/mol. The van der Waals surface area contributed by atoms with Gasteiger partial charge in [-0.3, -0.25) is 0 Å². The van der Waals surface area contributed by atoms with E-state index in [1.165, 1.54) is 70.6 Å². The van der Waals surface area contributed by atoms with Gasteiger partial charge in [-0.2, -0.15) is 0 Å². The van der Waals surface area contributed by atoms with E-state index in [1.807, 2.05) is 0 Å². The van der Waals surface area contributed by atoms with Gasteiger partial charge in [0.05, 0.1) is 12.7 Å². The fourth-order valence-corrected chi connectivity index (χ4v) is 14.6. The predicted octanol–water partition coefficient (Wildman–Crippen LogP) is 4.76. The van der Waals surface area contributed by atoms with E-state index in [4.69, 9.17) is 15.2 Å². The van der Waals surface area contributed by atoms with Gasteiger partial charge < -0.3 is 45.8 Å². The van der Waals surface area contributed by atoms with Crippen LogP contribution in [0.1, 0.15) is 132 Å². The van der Waals surface area contributed by atoms with Crippen molar-refractivity contribution in [1.82, 2.24) is 0 Å². The van der Waals surface area contributed by atoms with Crippen molar-refractivity contribution >= 4 is 0 Å². The number of nitrogens with two attached hydrogens (primary N) is 1. The SMILES string of the molecule is C[C@H](CC[C@@H](O)[C@@H](O)[C@@H](O)CO[C@@H]1O[C@H](CN)[C@@H](O)[C@H](O)[C@H]1O)[C@H]1CC[C@@]2(C)C1CC[C@]1(C)C2CCC2[C@@]3(C)CCCC(C)(C)C3CC[C@]21C. The minimum absolute atomic E-state index is 0.0911. The molecule has 4 unspecified atom stereocenters. The van der Waals surface area contributed by atoms with E-state index in [1.54, 1.807) is 0 Å². The fraction of sp³-hybridized carbons (Fsp3) is 1.00. The lowest BCUT2D eigenvalue weighted by atomic mass is 9.32. The Kier molecular flexibility index (Phi) is 11.1. The van der Waals surface area contributed by atoms with Gasteiger partial charge in [0.15, 0.2) is 6.29 Å². The van der Waals surface area contributed by atoms with Crippen molar-refractivity contribution in [2.45, 2.75) is 181 Å². The molecule has 5 saturated carbocycles. The Bertz CT molecular complexity index is 1190. The summed E-state index contributed by atoms with van der Waals surface area (Å²) in [5, 5.41) is 62.7. The summed E-state index contributed by atoms with van der Waals surface area (Å²) >= 11 is 0. The zero-order chi connectivity index (χ0) is 36.6. The van der Waals surface area contributed by atoms with E-state index in [-0.39, 0.29) is 6.54 Å². The second-order valence-electron chi connectivity index (χ2n) is 20.1. The summed E-state index contributed by atoms with van der Waals surface area (Å²) in [6.07, 6.45) is 5.33. The lowest BCUT2D eigenvalue weighted by molar-refractivity contribution is -0.300. The Labute approximate surface area is 302 Å². The van der Waals surface area contributed by atoms with Crippen molar-refractivity contribution in [3.63, 3.8) is 0 Å². The summed E-state index contributed by atoms with van der Waals surface area (Å²) in [6.45, 7) is 17.7. The number of hydrogen-bond donors (Lipinski definition) is 7. The van der Waals surface area contributed by atoms with Gasteiger partial charge in [-0.15, -0.1) is 0 Å². The van der Waals surface area contributed by atoms with Gasteiger partial charge in [-0.25, -0.2) is 0 Å². The topological polar surface area (TPSA) is 166 Å². The van der Waals surface area contributed by atoms with E-state index < -0.39 is 55.6 Å². The monoisotopic (exact) mass is 708 g/mol. The van der Waals surface area contributed by atoms with Gasteiger partial charge in [-0.1, -0.05) is 54.9 Å². The minimum Gasteiger partial charge on any atom is -0.390 e. The molecule has 1 aliphatic heterocycles. The number of rotatable bonds is 10. The molecule has 6 aliphatic rings. The number of aliphatic hydroxyl groups is 6. The summed E-state index contributed by atoms with van der Waals surface area (Å²) in [5.74, 6) is 4.11. The molecule has 50 heavy (non-hydrogen) atoms. The molecule has 0 aromatic heterocycles. The van der Waals surface area contributed by atoms with Crippen molar-refractivity contribution in [3.8, 4) is 0 Å². The molecule has 9 nitrogen and oxygen atoms in total. The summed E-state index contributed by atoms with van der Waals surface area (Å²) < 4.78 is 10.9. The Hall–Kier alpha value is -0.360. The molecule has 0 radical (unpaired) electrons. The maximum atomic E-state index is 10.9. The van der Waals surface area contributed by atoms with Crippen molar-refractivity contribution < 1.29 is 40.1 Å². The van der Waals surface area contributed by atoms with Crippen molar-refractivity contribution in [3.05, 3.63) is 0 Å². The molecular formula is C41H73NO8. The first kappa shape index (κ1) is 39.3. The average Bonchev–Trinajstić information content (AvgIpc) is 3.42. The van der Waals surface area contributed by atoms with Gasteiger partial charge >= 0.3 is 0 Å². The van der Waals surface area contributed by atoms with E-state index in [2.05, 4.69) is 48.5 Å². The smallest absolute Gasteiger partial charge is 0.186 e. The normalized spacial score (nSPS) is 51.0. The van der Waals surface area contributed by atoms with Crippen LogP contribution in [0.5, 0.6) is 0 Å². The maximum Gasteiger partial charge on any atom is 0.186 e. The van der Waals surface area contributed by atoms with Gasteiger partial charge in [0.1, 0.15) is 36.6 Å².